The van der Waals surface area contributed by atoms with Crippen molar-refractivity contribution in [2.45, 2.75) is 70.0 Å². The largest absolute Gasteiger partial charge is 0.389 e. The Balaban J connectivity index is 1.76. The van der Waals surface area contributed by atoms with E-state index in [1.165, 1.54) is 31.3 Å². The molecule has 0 aromatic heterocycles. The average Bonchev–Trinajstić information content (AvgIpc) is 2.73. The third-order valence-corrected chi connectivity index (χ3v) is 8.10. The van der Waals surface area contributed by atoms with Crippen LogP contribution in [-0.2, 0) is 0 Å². The first-order valence-corrected chi connectivity index (χ1v) is 8.92. The zero-order valence-electron chi connectivity index (χ0n) is 13.6. The van der Waals surface area contributed by atoms with Gasteiger partial charge in [-0.25, -0.2) is 0 Å². The smallest absolute Gasteiger partial charge is 0.154 e. The Labute approximate surface area is 134 Å². The molecule has 0 heterocycles. The van der Waals surface area contributed by atoms with E-state index in [0.717, 1.165) is 25.2 Å². The van der Waals surface area contributed by atoms with Crippen LogP contribution in [0.15, 0.2) is 12.2 Å². The molecule has 0 aliphatic heterocycles. The SMILES string of the molecule is C#C[C@]1(O)[C@H]2CC[C@]34CC(=C)[C@H](CC[C@H]3[C@]2(C)CC[C@@H]1O)C4. The molecule has 2 heteroatoms. The minimum atomic E-state index is -1.33. The van der Waals surface area contributed by atoms with Gasteiger partial charge in [-0.2, -0.15) is 0 Å². The van der Waals surface area contributed by atoms with Gasteiger partial charge >= 0.3 is 0 Å². The van der Waals surface area contributed by atoms with Crippen molar-refractivity contribution in [3.63, 3.8) is 0 Å². The lowest BCUT2D eigenvalue weighted by Crippen LogP contribution is -2.63. The number of fused-ring (bicyclic) bond motifs is 3. The zero-order valence-corrected chi connectivity index (χ0v) is 13.6. The second-order valence-electron chi connectivity index (χ2n) is 8.85. The summed E-state index contributed by atoms with van der Waals surface area (Å²) in [6.45, 7) is 6.69. The molecule has 4 aliphatic rings. The molecule has 0 unspecified atom stereocenters. The van der Waals surface area contributed by atoms with Gasteiger partial charge in [0.15, 0.2) is 5.60 Å². The summed E-state index contributed by atoms with van der Waals surface area (Å²) in [6, 6.07) is 0. The van der Waals surface area contributed by atoms with Crippen LogP contribution in [0.25, 0.3) is 0 Å². The molecule has 0 radical (unpaired) electrons. The fraction of sp³-hybridized carbons (Fsp3) is 0.800. The van der Waals surface area contributed by atoms with Crippen LogP contribution in [0.3, 0.4) is 0 Å². The van der Waals surface area contributed by atoms with Gasteiger partial charge in [-0.15, -0.1) is 6.42 Å². The van der Waals surface area contributed by atoms with Crippen LogP contribution in [0.4, 0.5) is 0 Å². The molecule has 7 atom stereocenters. The van der Waals surface area contributed by atoms with E-state index in [0.29, 0.717) is 17.8 Å². The number of hydrogen-bond donors (Lipinski definition) is 2. The summed E-state index contributed by atoms with van der Waals surface area (Å²) in [5.41, 5.74) is 0.603. The highest BCUT2D eigenvalue weighted by Crippen LogP contribution is 2.70. The van der Waals surface area contributed by atoms with E-state index >= 15 is 0 Å². The van der Waals surface area contributed by atoms with E-state index in [9.17, 15) is 10.2 Å². The summed E-state index contributed by atoms with van der Waals surface area (Å²) in [5, 5.41) is 21.4. The predicted octanol–water partition coefficient (Wildman–Crippen LogP) is 3.28. The molecule has 2 N–H and O–H groups in total. The number of aliphatic hydroxyl groups is 2. The summed E-state index contributed by atoms with van der Waals surface area (Å²) < 4.78 is 0. The third kappa shape index (κ3) is 1.60. The van der Waals surface area contributed by atoms with E-state index in [-0.39, 0.29) is 11.3 Å². The van der Waals surface area contributed by atoms with Crippen LogP contribution in [0.1, 0.15) is 58.3 Å². The van der Waals surface area contributed by atoms with Crippen LogP contribution in [0.2, 0.25) is 0 Å². The summed E-state index contributed by atoms with van der Waals surface area (Å²) in [4.78, 5) is 0. The molecule has 4 saturated carbocycles. The topological polar surface area (TPSA) is 40.5 Å². The minimum absolute atomic E-state index is 0.0368. The second-order valence-corrected chi connectivity index (χ2v) is 8.85. The molecule has 22 heavy (non-hydrogen) atoms. The van der Waals surface area contributed by atoms with Gasteiger partial charge in [0.1, 0.15) is 0 Å². The molecule has 0 aromatic rings. The van der Waals surface area contributed by atoms with Gasteiger partial charge in [-0.3, -0.25) is 0 Å². The Morgan fingerprint density at radius 3 is 2.68 bits per heavy atom. The fourth-order valence-electron chi connectivity index (χ4n) is 7.12. The van der Waals surface area contributed by atoms with Gasteiger partial charge < -0.3 is 10.2 Å². The van der Waals surface area contributed by atoms with E-state index < -0.39 is 11.7 Å². The van der Waals surface area contributed by atoms with Crippen molar-refractivity contribution in [2.24, 2.45) is 28.6 Å². The maximum absolute atomic E-state index is 11.0. The first-order valence-electron chi connectivity index (χ1n) is 8.92. The molecule has 1 spiro atoms. The summed E-state index contributed by atoms with van der Waals surface area (Å²) in [6.07, 6.45) is 13.6. The van der Waals surface area contributed by atoms with Crippen molar-refractivity contribution in [3.8, 4) is 12.3 Å². The second kappa shape index (κ2) is 4.40. The van der Waals surface area contributed by atoms with E-state index in [1.54, 1.807) is 0 Å². The molecule has 2 bridgehead atoms. The van der Waals surface area contributed by atoms with Crippen molar-refractivity contribution >= 4 is 0 Å². The zero-order chi connectivity index (χ0) is 15.8. The van der Waals surface area contributed by atoms with Crippen LogP contribution >= 0.6 is 0 Å². The predicted molar refractivity (Wildman–Crippen MR) is 86.9 cm³/mol. The lowest BCUT2D eigenvalue weighted by Gasteiger charge is -2.63. The maximum atomic E-state index is 11.0. The number of allylic oxidation sites excluding steroid dienone is 1. The van der Waals surface area contributed by atoms with Crippen LogP contribution in [-0.4, -0.2) is 21.9 Å². The Morgan fingerprint density at radius 1 is 1.18 bits per heavy atom. The number of rotatable bonds is 0. The molecule has 0 amide bonds. The van der Waals surface area contributed by atoms with E-state index in [2.05, 4.69) is 19.4 Å². The highest BCUT2D eigenvalue weighted by molar-refractivity contribution is 5.26. The standard InChI is InChI=1S/C20H28O2/c1-4-20(22)16-7-10-19-11-13(2)14(12-19)5-6-15(19)18(16,3)9-8-17(20)21/h1,14-17,21-22H,2,5-12H2,3H3/t14-,15+,16+,17+,18+,19-,20+/m1/s1. The van der Waals surface area contributed by atoms with Gasteiger partial charge in [-0.05, 0) is 74.0 Å². The molecule has 4 aliphatic carbocycles. The van der Waals surface area contributed by atoms with E-state index in [1.807, 2.05) is 0 Å². The summed E-state index contributed by atoms with van der Waals surface area (Å²) in [7, 11) is 0. The highest BCUT2D eigenvalue weighted by atomic mass is 16.3. The van der Waals surface area contributed by atoms with Crippen molar-refractivity contribution in [1.82, 2.24) is 0 Å². The van der Waals surface area contributed by atoms with Gasteiger partial charge in [0.05, 0.1) is 6.10 Å². The van der Waals surface area contributed by atoms with Crippen LogP contribution < -0.4 is 0 Å². The molecule has 4 rings (SSSR count). The molecule has 4 fully saturated rings. The maximum Gasteiger partial charge on any atom is 0.154 e. The number of aliphatic hydroxyl groups excluding tert-OH is 1. The van der Waals surface area contributed by atoms with Crippen molar-refractivity contribution in [1.29, 1.82) is 0 Å². The summed E-state index contributed by atoms with van der Waals surface area (Å²) in [5.74, 6) is 3.98. The molecular formula is C20H28O2. The molecule has 0 aromatic carbocycles. The molecular weight excluding hydrogens is 272 g/mol. The van der Waals surface area contributed by atoms with Crippen molar-refractivity contribution in [2.75, 3.05) is 0 Å². The number of hydrogen-bond acceptors (Lipinski definition) is 2. The Morgan fingerprint density at radius 2 is 1.95 bits per heavy atom. The quantitative estimate of drug-likeness (QED) is 0.532. The first kappa shape index (κ1) is 14.8. The van der Waals surface area contributed by atoms with Crippen LogP contribution in [0.5, 0.6) is 0 Å². The third-order valence-electron chi connectivity index (χ3n) is 8.10. The first-order chi connectivity index (χ1) is 10.4. The highest BCUT2D eigenvalue weighted by Gasteiger charge is 2.65. The molecule has 120 valence electrons. The van der Waals surface area contributed by atoms with Gasteiger partial charge in [0.25, 0.3) is 0 Å². The molecule has 0 saturated heterocycles. The normalized spacial score (nSPS) is 56.9. The van der Waals surface area contributed by atoms with Gasteiger partial charge in [0.2, 0.25) is 0 Å². The van der Waals surface area contributed by atoms with Crippen molar-refractivity contribution < 1.29 is 10.2 Å². The number of terminal acetylenes is 1. The van der Waals surface area contributed by atoms with E-state index in [4.69, 9.17) is 6.42 Å². The lowest BCUT2D eigenvalue weighted by atomic mass is 9.42. The van der Waals surface area contributed by atoms with Crippen molar-refractivity contribution in [3.05, 3.63) is 12.2 Å². The Bertz CT molecular complexity index is 561. The average molecular weight is 300 g/mol. The monoisotopic (exact) mass is 300 g/mol. The minimum Gasteiger partial charge on any atom is -0.389 e. The lowest BCUT2D eigenvalue weighted by molar-refractivity contribution is -0.203. The molecule has 2 nitrogen and oxygen atoms in total. The Hall–Kier alpha value is -0.780. The van der Waals surface area contributed by atoms with Gasteiger partial charge in [0, 0.05) is 5.92 Å². The summed E-state index contributed by atoms with van der Waals surface area (Å²) >= 11 is 0. The Kier molecular flexibility index (Phi) is 2.96. The van der Waals surface area contributed by atoms with Crippen LogP contribution in [0, 0.1) is 40.9 Å². The fourth-order valence-corrected chi connectivity index (χ4v) is 7.12. The van der Waals surface area contributed by atoms with Gasteiger partial charge in [-0.1, -0.05) is 25.0 Å².